The number of amides is 2. The molecule has 0 atom stereocenters. The summed E-state index contributed by atoms with van der Waals surface area (Å²) in [6.07, 6.45) is 4.87. The number of urea groups is 1. The Kier molecular flexibility index (Phi) is 4.42. The van der Waals surface area contributed by atoms with Crippen molar-refractivity contribution in [3.8, 4) is 0 Å². The number of carbonyl (C=O) groups excluding carboxylic acids is 2. The molecule has 4 heteroatoms. The second-order valence-electron chi connectivity index (χ2n) is 5.96. The van der Waals surface area contributed by atoms with Gasteiger partial charge in [-0.15, -0.1) is 0 Å². The molecule has 1 fully saturated rings. The number of hydrogen-bond donors (Lipinski definition) is 2. The summed E-state index contributed by atoms with van der Waals surface area (Å²) in [6, 6.07) is 6.74. The van der Waals surface area contributed by atoms with Crippen LogP contribution in [0.3, 0.4) is 0 Å². The van der Waals surface area contributed by atoms with E-state index < -0.39 is 0 Å². The molecular weight excluding hydrogens is 252 g/mol. The molecule has 0 aliphatic heterocycles. The largest absolute Gasteiger partial charge is 0.337 e. The highest BCUT2D eigenvalue weighted by Crippen LogP contribution is 2.36. The fourth-order valence-electron chi connectivity index (χ4n) is 2.66. The minimum absolute atomic E-state index is 0.0233. The molecule has 0 aromatic heterocycles. The third-order valence-corrected chi connectivity index (χ3v) is 4.04. The Morgan fingerprint density at radius 1 is 1.15 bits per heavy atom. The van der Waals surface area contributed by atoms with Gasteiger partial charge in [0, 0.05) is 17.8 Å². The van der Waals surface area contributed by atoms with E-state index in [4.69, 9.17) is 0 Å². The topological polar surface area (TPSA) is 58.2 Å². The van der Waals surface area contributed by atoms with Crippen LogP contribution in [-0.2, 0) is 0 Å². The van der Waals surface area contributed by atoms with E-state index in [2.05, 4.69) is 17.6 Å². The summed E-state index contributed by atoms with van der Waals surface area (Å²) in [5, 5.41) is 5.72. The molecule has 0 spiro atoms. The van der Waals surface area contributed by atoms with Crippen LogP contribution in [-0.4, -0.2) is 18.4 Å². The first-order valence-corrected chi connectivity index (χ1v) is 7.14. The van der Waals surface area contributed by atoms with Crippen molar-refractivity contribution in [3.63, 3.8) is 0 Å². The number of nitrogens with one attached hydrogen (secondary N) is 2. The average molecular weight is 274 g/mol. The predicted molar refractivity (Wildman–Crippen MR) is 80.0 cm³/mol. The fourth-order valence-corrected chi connectivity index (χ4v) is 2.66. The highest BCUT2D eigenvalue weighted by Gasteiger charge is 2.28. The van der Waals surface area contributed by atoms with E-state index in [-0.39, 0.29) is 17.2 Å². The van der Waals surface area contributed by atoms with Crippen LogP contribution in [0, 0.1) is 5.41 Å². The number of benzene rings is 1. The molecule has 0 heterocycles. The van der Waals surface area contributed by atoms with Crippen molar-refractivity contribution < 1.29 is 9.59 Å². The molecule has 108 valence electrons. The summed E-state index contributed by atoms with van der Waals surface area (Å²) in [5.74, 6) is 0.0233. The Morgan fingerprint density at radius 2 is 1.75 bits per heavy atom. The first-order chi connectivity index (χ1) is 9.48. The van der Waals surface area contributed by atoms with E-state index in [1.807, 2.05) is 0 Å². The maximum Gasteiger partial charge on any atom is 0.319 e. The molecule has 0 bridgehead atoms. The molecule has 2 amide bonds. The second-order valence-corrected chi connectivity index (χ2v) is 5.96. The lowest BCUT2D eigenvalue weighted by atomic mass is 9.89. The zero-order chi connectivity index (χ0) is 14.6. The Hall–Kier alpha value is -1.84. The van der Waals surface area contributed by atoms with Crippen molar-refractivity contribution in [1.29, 1.82) is 0 Å². The van der Waals surface area contributed by atoms with Crippen molar-refractivity contribution >= 4 is 17.5 Å². The van der Waals surface area contributed by atoms with E-state index in [0.29, 0.717) is 17.8 Å². The van der Waals surface area contributed by atoms with Gasteiger partial charge in [0.2, 0.25) is 0 Å². The minimum atomic E-state index is -0.186. The quantitative estimate of drug-likeness (QED) is 0.824. The third kappa shape index (κ3) is 3.83. The Bertz CT molecular complexity index is 488. The van der Waals surface area contributed by atoms with E-state index >= 15 is 0 Å². The van der Waals surface area contributed by atoms with Crippen LogP contribution >= 0.6 is 0 Å². The normalized spacial score (nSPS) is 16.7. The van der Waals surface area contributed by atoms with Crippen molar-refractivity contribution in [2.75, 3.05) is 11.9 Å². The van der Waals surface area contributed by atoms with Gasteiger partial charge in [0.15, 0.2) is 5.78 Å². The molecule has 4 nitrogen and oxygen atoms in total. The van der Waals surface area contributed by atoms with Gasteiger partial charge in [0.25, 0.3) is 0 Å². The lowest BCUT2D eigenvalue weighted by Gasteiger charge is -2.23. The summed E-state index contributed by atoms with van der Waals surface area (Å²) in [4.78, 5) is 23.0. The van der Waals surface area contributed by atoms with Gasteiger partial charge in [-0.3, -0.25) is 4.79 Å². The Labute approximate surface area is 119 Å². The number of Topliss-reactive ketones (excluding diaryl/α,β-unsaturated/α-hetero) is 1. The summed E-state index contributed by atoms with van der Waals surface area (Å²) in [5.41, 5.74) is 1.59. The molecule has 1 aromatic carbocycles. The second kappa shape index (κ2) is 6.07. The van der Waals surface area contributed by atoms with Crippen LogP contribution < -0.4 is 10.6 Å². The van der Waals surface area contributed by atoms with Gasteiger partial charge in [0.05, 0.1) is 0 Å². The standard InChI is InChI=1S/C16H22N2O2/c1-12(19)13-5-7-14(8-6-13)18-15(20)17-11-16(2)9-3-4-10-16/h5-8H,3-4,9-11H2,1-2H3,(H2,17,18,20). The van der Waals surface area contributed by atoms with Crippen LogP contribution in [0.5, 0.6) is 0 Å². The highest BCUT2D eigenvalue weighted by atomic mass is 16.2. The van der Waals surface area contributed by atoms with Crippen molar-refractivity contribution in [3.05, 3.63) is 29.8 Å². The van der Waals surface area contributed by atoms with E-state index in [9.17, 15) is 9.59 Å². The molecule has 0 saturated heterocycles. The molecule has 0 radical (unpaired) electrons. The predicted octanol–water partition coefficient (Wildman–Crippen LogP) is 3.59. The maximum atomic E-state index is 11.8. The number of ketones is 1. The van der Waals surface area contributed by atoms with Crippen LogP contribution in [0.15, 0.2) is 24.3 Å². The van der Waals surface area contributed by atoms with Gasteiger partial charge in [-0.05, 0) is 49.4 Å². The lowest BCUT2D eigenvalue weighted by molar-refractivity contribution is 0.101. The molecule has 1 aromatic rings. The van der Waals surface area contributed by atoms with Gasteiger partial charge < -0.3 is 10.6 Å². The molecule has 1 aliphatic rings. The van der Waals surface area contributed by atoms with Crippen LogP contribution in [0.1, 0.15) is 49.9 Å². The monoisotopic (exact) mass is 274 g/mol. The van der Waals surface area contributed by atoms with E-state index in [1.165, 1.54) is 32.6 Å². The molecule has 20 heavy (non-hydrogen) atoms. The van der Waals surface area contributed by atoms with E-state index in [1.54, 1.807) is 24.3 Å². The molecule has 1 aliphatic carbocycles. The lowest BCUT2D eigenvalue weighted by Crippen LogP contribution is -2.36. The molecule has 0 unspecified atom stereocenters. The number of anilines is 1. The zero-order valence-electron chi connectivity index (χ0n) is 12.2. The smallest absolute Gasteiger partial charge is 0.319 e. The SMILES string of the molecule is CC(=O)c1ccc(NC(=O)NCC2(C)CCCC2)cc1. The molecule has 2 N–H and O–H groups in total. The zero-order valence-corrected chi connectivity index (χ0v) is 12.2. The van der Waals surface area contributed by atoms with Crippen molar-refractivity contribution in [2.45, 2.75) is 39.5 Å². The van der Waals surface area contributed by atoms with Gasteiger partial charge in [-0.1, -0.05) is 19.8 Å². The highest BCUT2D eigenvalue weighted by molar-refractivity contribution is 5.95. The first-order valence-electron chi connectivity index (χ1n) is 7.14. The Balaban J connectivity index is 1.83. The van der Waals surface area contributed by atoms with Crippen LogP contribution in [0.25, 0.3) is 0 Å². The minimum Gasteiger partial charge on any atom is -0.337 e. The van der Waals surface area contributed by atoms with Gasteiger partial charge in [-0.25, -0.2) is 4.79 Å². The Morgan fingerprint density at radius 3 is 2.30 bits per heavy atom. The fraction of sp³-hybridized carbons (Fsp3) is 0.500. The van der Waals surface area contributed by atoms with E-state index in [0.717, 1.165) is 0 Å². The van der Waals surface area contributed by atoms with Gasteiger partial charge in [0.1, 0.15) is 0 Å². The summed E-state index contributed by atoms with van der Waals surface area (Å²) in [6.45, 7) is 4.46. The summed E-state index contributed by atoms with van der Waals surface area (Å²) < 4.78 is 0. The maximum absolute atomic E-state index is 11.8. The molecule has 1 saturated carbocycles. The van der Waals surface area contributed by atoms with Crippen LogP contribution in [0.4, 0.5) is 10.5 Å². The average Bonchev–Trinajstić information content (AvgIpc) is 2.85. The van der Waals surface area contributed by atoms with Crippen molar-refractivity contribution in [1.82, 2.24) is 5.32 Å². The first kappa shape index (κ1) is 14.6. The van der Waals surface area contributed by atoms with Crippen LogP contribution in [0.2, 0.25) is 0 Å². The summed E-state index contributed by atoms with van der Waals surface area (Å²) >= 11 is 0. The van der Waals surface area contributed by atoms with Gasteiger partial charge >= 0.3 is 6.03 Å². The number of hydrogen-bond acceptors (Lipinski definition) is 2. The number of carbonyl (C=O) groups is 2. The third-order valence-electron chi connectivity index (χ3n) is 4.04. The van der Waals surface area contributed by atoms with Crippen molar-refractivity contribution in [2.24, 2.45) is 5.41 Å². The van der Waals surface area contributed by atoms with Gasteiger partial charge in [-0.2, -0.15) is 0 Å². The number of rotatable bonds is 4. The molecular formula is C16H22N2O2. The molecule has 2 rings (SSSR count). The summed E-state index contributed by atoms with van der Waals surface area (Å²) in [7, 11) is 0.